The second kappa shape index (κ2) is 13.3. The first-order chi connectivity index (χ1) is 28.7. The van der Waals surface area contributed by atoms with Crippen LogP contribution in [0.1, 0.15) is 0 Å². The van der Waals surface area contributed by atoms with E-state index in [0.717, 1.165) is 50.1 Å². The minimum atomic E-state index is 0.903. The normalized spacial score (nSPS) is 11.8. The first-order valence-electron chi connectivity index (χ1n) is 19.6. The highest BCUT2D eigenvalue weighted by Crippen LogP contribution is 2.44. The van der Waals surface area contributed by atoms with Crippen molar-refractivity contribution in [2.24, 2.45) is 0 Å². The fraction of sp³-hybridized carbons (Fsp3) is 0. The number of hydrogen-bond donors (Lipinski definition) is 0. The topological polar surface area (TPSA) is 16.4 Å². The van der Waals surface area contributed by atoms with Crippen molar-refractivity contribution in [3.8, 4) is 33.4 Å². The summed E-state index contributed by atoms with van der Waals surface area (Å²) in [6.07, 6.45) is 0. The Labute approximate surface area is 343 Å². The van der Waals surface area contributed by atoms with Crippen LogP contribution < -0.4 is 4.90 Å². The predicted octanol–water partition coefficient (Wildman–Crippen LogP) is 16.8. The molecule has 4 heteroatoms. The lowest BCUT2D eigenvalue weighted by molar-refractivity contribution is 0.670. The molecular formula is C54H33NOS2. The van der Waals surface area contributed by atoms with Crippen LogP contribution in [0, 0.1) is 0 Å². The van der Waals surface area contributed by atoms with Crippen molar-refractivity contribution < 1.29 is 4.42 Å². The maximum Gasteiger partial charge on any atom is 0.143 e. The Morgan fingerprint density at radius 1 is 0.328 bits per heavy atom. The molecule has 2 nitrogen and oxygen atoms in total. The molecule has 9 aromatic carbocycles. The third kappa shape index (κ3) is 5.30. The van der Waals surface area contributed by atoms with Crippen LogP contribution in [0.25, 0.3) is 95.7 Å². The molecule has 58 heavy (non-hydrogen) atoms. The lowest BCUT2D eigenvalue weighted by atomic mass is 10.00. The number of thiophene rings is 2. The Morgan fingerprint density at radius 3 is 1.41 bits per heavy atom. The summed E-state index contributed by atoms with van der Waals surface area (Å²) < 4.78 is 11.8. The molecule has 0 radical (unpaired) electrons. The van der Waals surface area contributed by atoms with E-state index in [9.17, 15) is 0 Å². The van der Waals surface area contributed by atoms with Gasteiger partial charge in [0.2, 0.25) is 0 Å². The number of anilines is 3. The first kappa shape index (κ1) is 33.2. The second-order valence-electron chi connectivity index (χ2n) is 14.8. The Morgan fingerprint density at radius 2 is 0.810 bits per heavy atom. The Kier molecular flexibility index (Phi) is 7.62. The Balaban J connectivity index is 0.988. The van der Waals surface area contributed by atoms with E-state index in [4.69, 9.17) is 4.42 Å². The standard InChI is InChI=1S/C54H33NOS2/c1-4-22-49-43(13-1)46-19-8-16-40(52(46)56-49)36-11-7-12-39(33-36)55(37-29-25-34(26-30-37)41-17-9-20-47-44-14-2-5-23-50(44)57-53(41)47)38-31-27-35(28-32-38)42-18-10-21-48-45-15-3-6-24-51(45)58-54(42)48/h1-33H. The van der Waals surface area contributed by atoms with Gasteiger partial charge in [-0.15, -0.1) is 22.7 Å². The molecule has 12 aromatic rings. The van der Waals surface area contributed by atoms with E-state index in [0.29, 0.717) is 0 Å². The maximum absolute atomic E-state index is 6.51. The zero-order valence-electron chi connectivity index (χ0n) is 31.2. The molecule has 0 atom stereocenters. The molecule has 272 valence electrons. The minimum Gasteiger partial charge on any atom is -0.455 e. The summed E-state index contributed by atoms with van der Waals surface area (Å²) in [5.41, 5.74) is 12.2. The van der Waals surface area contributed by atoms with Crippen LogP contribution >= 0.6 is 22.7 Å². The lowest BCUT2D eigenvalue weighted by Gasteiger charge is -2.26. The molecule has 0 spiro atoms. The molecule has 0 unspecified atom stereocenters. The summed E-state index contributed by atoms with van der Waals surface area (Å²) in [4.78, 5) is 2.37. The molecule has 12 rings (SSSR count). The van der Waals surface area contributed by atoms with Crippen molar-refractivity contribution >= 4 is 102 Å². The van der Waals surface area contributed by atoms with Gasteiger partial charge in [-0.2, -0.15) is 0 Å². The van der Waals surface area contributed by atoms with Gasteiger partial charge >= 0.3 is 0 Å². The van der Waals surface area contributed by atoms with Gasteiger partial charge in [-0.1, -0.05) is 146 Å². The molecule has 0 saturated heterocycles. The largest absolute Gasteiger partial charge is 0.455 e. The number of para-hydroxylation sites is 2. The zero-order valence-corrected chi connectivity index (χ0v) is 32.9. The second-order valence-corrected chi connectivity index (χ2v) is 16.9. The summed E-state index contributed by atoms with van der Waals surface area (Å²) in [5, 5.41) is 7.52. The van der Waals surface area contributed by atoms with Crippen LogP contribution in [-0.2, 0) is 0 Å². The molecule has 3 heterocycles. The molecule has 0 aliphatic rings. The number of furan rings is 1. The van der Waals surface area contributed by atoms with E-state index in [1.54, 1.807) is 0 Å². The summed E-state index contributed by atoms with van der Waals surface area (Å²) in [6.45, 7) is 0. The van der Waals surface area contributed by atoms with E-state index >= 15 is 0 Å². The molecule has 0 aliphatic carbocycles. The van der Waals surface area contributed by atoms with E-state index in [2.05, 4.69) is 193 Å². The molecule has 0 aliphatic heterocycles. The quantitative estimate of drug-likeness (QED) is 0.167. The van der Waals surface area contributed by atoms with E-state index < -0.39 is 0 Å². The first-order valence-corrected chi connectivity index (χ1v) is 21.2. The highest BCUT2D eigenvalue weighted by molar-refractivity contribution is 7.26. The van der Waals surface area contributed by atoms with Gasteiger partial charge in [-0.3, -0.25) is 0 Å². The van der Waals surface area contributed by atoms with Gasteiger partial charge in [0.05, 0.1) is 0 Å². The fourth-order valence-electron chi connectivity index (χ4n) is 8.76. The van der Waals surface area contributed by atoms with E-state index in [-0.39, 0.29) is 0 Å². The zero-order chi connectivity index (χ0) is 38.2. The average molecular weight is 776 g/mol. The molecule has 0 bridgehead atoms. The highest BCUT2D eigenvalue weighted by atomic mass is 32.1. The summed E-state index contributed by atoms with van der Waals surface area (Å²) in [5.74, 6) is 0. The number of benzene rings is 9. The molecule has 0 N–H and O–H groups in total. The monoisotopic (exact) mass is 775 g/mol. The van der Waals surface area contributed by atoms with E-state index in [1.807, 2.05) is 34.8 Å². The van der Waals surface area contributed by atoms with Crippen LogP contribution in [0.4, 0.5) is 17.1 Å². The minimum absolute atomic E-state index is 0.903. The maximum atomic E-state index is 6.51. The Bertz CT molecular complexity index is 3360. The van der Waals surface area contributed by atoms with Crippen molar-refractivity contribution in [1.29, 1.82) is 0 Å². The number of rotatable bonds is 6. The van der Waals surface area contributed by atoms with Crippen molar-refractivity contribution in [1.82, 2.24) is 0 Å². The summed E-state index contributed by atoms with van der Waals surface area (Å²) >= 11 is 3.74. The van der Waals surface area contributed by atoms with Crippen molar-refractivity contribution in [2.45, 2.75) is 0 Å². The number of hydrogen-bond acceptors (Lipinski definition) is 4. The van der Waals surface area contributed by atoms with Gasteiger partial charge in [-0.25, -0.2) is 0 Å². The van der Waals surface area contributed by atoms with Crippen molar-refractivity contribution in [3.05, 3.63) is 200 Å². The van der Waals surface area contributed by atoms with Crippen molar-refractivity contribution in [2.75, 3.05) is 4.90 Å². The molecule has 0 saturated carbocycles. The number of nitrogens with zero attached hydrogens (tertiary/aromatic N) is 1. The average Bonchev–Trinajstić information content (AvgIpc) is 3.99. The third-order valence-electron chi connectivity index (χ3n) is 11.5. The summed E-state index contributed by atoms with van der Waals surface area (Å²) in [7, 11) is 0. The molecule has 0 amide bonds. The highest BCUT2D eigenvalue weighted by Gasteiger charge is 2.18. The lowest BCUT2D eigenvalue weighted by Crippen LogP contribution is -2.10. The molecule has 3 aromatic heterocycles. The molecular weight excluding hydrogens is 743 g/mol. The van der Waals surface area contributed by atoms with Crippen LogP contribution in [0.3, 0.4) is 0 Å². The van der Waals surface area contributed by atoms with Gasteiger partial charge < -0.3 is 9.32 Å². The summed E-state index contributed by atoms with van der Waals surface area (Å²) in [6, 6.07) is 72.6. The van der Waals surface area contributed by atoms with Crippen LogP contribution in [0.2, 0.25) is 0 Å². The molecule has 0 fully saturated rings. The van der Waals surface area contributed by atoms with Crippen LogP contribution in [0.5, 0.6) is 0 Å². The van der Waals surface area contributed by atoms with Gasteiger partial charge in [0.15, 0.2) is 0 Å². The van der Waals surface area contributed by atoms with Crippen molar-refractivity contribution in [3.63, 3.8) is 0 Å². The van der Waals surface area contributed by atoms with Gasteiger partial charge in [0.25, 0.3) is 0 Å². The van der Waals surface area contributed by atoms with Gasteiger partial charge in [0.1, 0.15) is 11.2 Å². The van der Waals surface area contributed by atoms with Crippen LogP contribution in [-0.4, -0.2) is 0 Å². The number of fused-ring (bicyclic) bond motifs is 9. The Hall–Kier alpha value is -6.98. The third-order valence-corrected chi connectivity index (χ3v) is 13.9. The van der Waals surface area contributed by atoms with Gasteiger partial charge in [0, 0.05) is 73.7 Å². The SMILES string of the molecule is c1cc(-c2cccc3c2oc2ccccc23)cc(N(c2ccc(-c3cccc4c3sc3ccccc34)cc2)c2ccc(-c3cccc4c3sc3ccccc34)cc2)c1. The smallest absolute Gasteiger partial charge is 0.143 e. The fourth-order valence-corrected chi connectivity index (χ4v) is 11.2. The van der Waals surface area contributed by atoms with E-state index in [1.165, 1.54) is 62.6 Å². The van der Waals surface area contributed by atoms with Crippen LogP contribution in [0.15, 0.2) is 205 Å². The van der Waals surface area contributed by atoms with Gasteiger partial charge in [-0.05, 0) is 82.4 Å². The predicted molar refractivity (Wildman–Crippen MR) is 250 cm³/mol.